The number of hydrogen-bond acceptors (Lipinski definition) is 8. The predicted octanol–water partition coefficient (Wildman–Crippen LogP) is 2.69. The molecular formula is C28H34N2O9. The molecule has 3 N–H and O–H groups in total. The van der Waals surface area contributed by atoms with E-state index in [1.54, 1.807) is 51.1 Å². The van der Waals surface area contributed by atoms with Crippen LogP contribution in [0.2, 0.25) is 0 Å². The summed E-state index contributed by atoms with van der Waals surface area (Å²) in [6.45, 7) is 5.94. The van der Waals surface area contributed by atoms with E-state index in [-0.39, 0.29) is 29.9 Å². The molecule has 0 aliphatic rings. The van der Waals surface area contributed by atoms with Gasteiger partial charge in [0.25, 0.3) is 0 Å². The molecule has 0 unspecified atom stereocenters. The standard InChI is InChI=1S/C28H34N2O9/c1-17(31)20-13-19(11-12-23(20)38-16-24(32)37-5)15-22(26(34)35)29-25(33)21(14-18-9-7-6-8-10-18)30-27(36)39-28(2,3)4/h6-13,21-22H,14-16H2,1-5H3,(H,29,33)(H,30,36)(H,34,35)/t21-,22-/m0/s1. The van der Waals surface area contributed by atoms with Gasteiger partial charge in [0, 0.05) is 12.8 Å². The lowest BCUT2D eigenvalue weighted by Gasteiger charge is -2.24. The molecule has 0 aromatic heterocycles. The van der Waals surface area contributed by atoms with Crippen molar-refractivity contribution in [2.75, 3.05) is 13.7 Å². The number of carbonyl (C=O) groups is 5. The number of esters is 1. The Morgan fingerprint density at radius 1 is 0.897 bits per heavy atom. The number of aliphatic carboxylic acids is 1. The van der Waals surface area contributed by atoms with E-state index >= 15 is 0 Å². The second kappa shape index (κ2) is 13.9. The number of hydrogen-bond donors (Lipinski definition) is 3. The summed E-state index contributed by atoms with van der Waals surface area (Å²) in [6, 6.07) is 10.8. The highest BCUT2D eigenvalue weighted by Crippen LogP contribution is 2.22. The van der Waals surface area contributed by atoms with Gasteiger partial charge in [0.2, 0.25) is 5.91 Å². The second-order valence-electron chi connectivity index (χ2n) is 9.74. The molecule has 0 spiro atoms. The number of carbonyl (C=O) groups excluding carboxylic acids is 4. The van der Waals surface area contributed by atoms with Gasteiger partial charge >= 0.3 is 18.0 Å². The van der Waals surface area contributed by atoms with E-state index in [1.165, 1.54) is 32.2 Å². The summed E-state index contributed by atoms with van der Waals surface area (Å²) >= 11 is 0. The molecule has 0 radical (unpaired) electrons. The van der Waals surface area contributed by atoms with Crippen molar-refractivity contribution in [1.29, 1.82) is 0 Å². The lowest BCUT2D eigenvalue weighted by Crippen LogP contribution is -2.53. The van der Waals surface area contributed by atoms with Crippen molar-refractivity contribution in [1.82, 2.24) is 10.6 Å². The predicted molar refractivity (Wildman–Crippen MR) is 141 cm³/mol. The van der Waals surface area contributed by atoms with Crippen LogP contribution >= 0.6 is 0 Å². The number of amides is 2. The van der Waals surface area contributed by atoms with E-state index < -0.39 is 48.2 Å². The maximum atomic E-state index is 13.2. The van der Waals surface area contributed by atoms with Crippen LogP contribution in [0.1, 0.15) is 49.2 Å². The minimum atomic E-state index is -1.38. The molecule has 0 bridgehead atoms. The topological polar surface area (TPSA) is 157 Å². The number of methoxy groups -OCH3 is 1. The zero-order valence-electron chi connectivity index (χ0n) is 22.6. The number of carboxylic acids is 1. The zero-order chi connectivity index (χ0) is 29.2. The van der Waals surface area contributed by atoms with Crippen molar-refractivity contribution < 1.29 is 43.3 Å². The number of alkyl carbamates (subject to hydrolysis) is 1. The molecule has 210 valence electrons. The monoisotopic (exact) mass is 542 g/mol. The molecule has 0 heterocycles. The van der Waals surface area contributed by atoms with E-state index in [0.717, 1.165) is 5.56 Å². The highest BCUT2D eigenvalue weighted by atomic mass is 16.6. The summed E-state index contributed by atoms with van der Waals surface area (Å²) in [7, 11) is 1.20. The van der Waals surface area contributed by atoms with Gasteiger partial charge in [0.05, 0.1) is 12.7 Å². The Morgan fingerprint density at radius 2 is 1.54 bits per heavy atom. The van der Waals surface area contributed by atoms with Crippen LogP contribution in [-0.4, -0.2) is 66.2 Å². The fourth-order valence-corrected chi connectivity index (χ4v) is 3.52. The Labute approximate surface area is 226 Å². The van der Waals surface area contributed by atoms with Crippen molar-refractivity contribution >= 4 is 29.7 Å². The number of ketones is 1. The van der Waals surface area contributed by atoms with Crippen LogP contribution in [0.3, 0.4) is 0 Å². The van der Waals surface area contributed by atoms with Gasteiger partial charge < -0.3 is 30.0 Å². The molecule has 0 fully saturated rings. The third kappa shape index (κ3) is 10.5. The molecular weight excluding hydrogens is 508 g/mol. The Hall–Kier alpha value is -4.41. The minimum Gasteiger partial charge on any atom is -0.481 e. The van der Waals surface area contributed by atoms with Crippen LogP contribution in [0, 0.1) is 0 Å². The molecule has 0 aliphatic carbocycles. The van der Waals surface area contributed by atoms with Crippen LogP contribution < -0.4 is 15.4 Å². The van der Waals surface area contributed by atoms with E-state index in [4.69, 9.17) is 9.47 Å². The number of Topliss-reactive ketones (excluding diaryl/α,β-unsaturated/α-hetero) is 1. The summed E-state index contributed by atoms with van der Waals surface area (Å²) in [5.74, 6) is -2.89. The molecule has 39 heavy (non-hydrogen) atoms. The van der Waals surface area contributed by atoms with Crippen LogP contribution in [0.25, 0.3) is 0 Å². The highest BCUT2D eigenvalue weighted by molar-refractivity contribution is 5.97. The maximum Gasteiger partial charge on any atom is 0.408 e. The lowest BCUT2D eigenvalue weighted by atomic mass is 10.00. The Balaban J connectivity index is 2.23. The van der Waals surface area contributed by atoms with Crippen molar-refractivity contribution in [2.45, 2.75) is 58.2 Å². The van der Waals surface area contributed by atoms with E-state index in [9.17, 15) is 29.1 Å². The first-order chi connectivity index (χ1) is 18.3. The van der Waals surface area contributed by atoms with Crippen LogP contribution in [0.15, 0.2) is 48.5 Å². The van der Waals surface area contributed by atoms with Crippen molar-refractivity contribution in [3.05, 3.63) is 65.2 Å². The SMILES string of the molecule is COC(=O)COc1ccc(C[C@H](NC(=O)[C@H](Cc2ccccc2)NC(=O)OC(C)(C)C)C(=O)O)cc1C(C)=O. The lowest BCUT2D eigenvalue weighted by molar-refractivity contribution is -0.143. The number of nitrogens with one attached hydrogen (secondary N) is 2. The molecule has 2 atom stereocenters. The first-order valence-electron chi connectivity index (χ1n) is 12.2. The van der Waals surface area contributed by atoms with Gasteiger partial charge in [-0.05, 0) is 51.0 Å². The third-order valence-electron chi connectivity index (χ3n) is 5.34. The van der Waals surface area contributed by atoms with Gasteiger partial charge in [-0.15, -0.1) is 0 Å². The summed E-state index contributed by atoms with van der Waals surface area (Å²) in [6.07, 6.45) is -0.888. The quantitative estimate of drug-likeness (QED) is 0.271. The largest absolute Gasteiger partial charge is 0.481 e. The number of rotatable bonds is 12. The van der Waals surface area contributed by atoms with Gasteiger partial charge in [0.15, 0.2) is 12.4 Å². The fourth-order valence-electron chi connectivity index (χ4n) is 3.52. The molecule has 11 heteroatoms. The average Bonchev–Trinajstić information content (AvgIpc) is 2.86. The number of carboxylic acid groups (broad SMARTS) is 1. The number of benzene rings is 2. The van der Waals surface area contributed by atoms with E-state index in [1.807, 2.05) is 0 Å². The Bertz CT molecular complexity index is 1190. The summed E-state index contributed by atoms with van der Waals surface area (Å²) in [5, 5.41) is 14.8. The fraction of sp³-hybridized carbons (Fsp3) is 0.393. The highest BCUT2D eigenvalue weighted by Gasteiger charge is 2.29. The Morgan fingerprint density at radius 3 is 2.10 bits per heavy atom. The molecule has 2 amide bonds. The molecule has 0 saturated heterocycles. The maximum absolute atomic E-state index is 13.2. The minimum absolute atomic E-state index is 0.0962. The molecule has 2 aromatic carbocycles. The summed E-state index contributed by atoms with van der Waals surface area (Å²) in [5.41, 5.74) is 0.510. The molecule has 2 aromatic rings. The summed E-state index contributed by atoms with van der Waals surface area (Å²) < 4.78 is 15.2. The smallest absolute Gasteiger partial charge is 0.408 e. The number of ether oxygens (including phenoxy) is 3. The van der Waals surface area contributed by atoms with Gasteiger partial charge in [0.1, 0.15) is 23.4 Å². The van der Waals surface area contributed by atoms with E-state index in [2.05, 4.69) is 15.4 Å². The van der Waals surface area contributed by atoms with Crippen LogP contribution in [0.5, 0.6) is 5.75 Å². The Kier molecular flexibility index (Phi) is 11.0. The first-order valence-corrected chi connectivity index (χ1v) is 12.2. The van der Waals surface area contributed by atoms with Crippen LogP contribution in [0.4, 0.5) is 4.79 Å². The van der Waals surface area contributed by atoms with E-state index in [0.29, 0.717) is 5.56 Å². The third-order valence-corrected chi connectivity index (χ3v) is 5.34. The average molecular weight is 543 g/mol. The van der Waals surface area contributed by atoms with Crippen molar-refractivity contribution in [3.63, 3.8) is 0 Å². The first kappa shape index (κ1) is 30.8. The summed E-state index contributed by atoms with van der Waals surface area (Å²) in [4.78, 5) is 61.2. The van der Waals surface area contributed by atoms with Gasteiger partial charge in [-0.2, -0.15) is 0 Å². The van der Waals surface area contributed by atoms with Gasteiger partial charge in [-0.25, -0.2) is 14.4 Å². The second-order valence-corrected chi connectivity index (χ2v) is 9.74. The molecule has 0 aliphatic heterocycles. The van der Waals surface area contributed by atoms with Crippen molar-refractivity contribution in [2.24, 2.45) is 0 Å². The normalized spacial score (nSPS) is 12.4. The van der Waals surface area contributed by atoms with Crippen LogP contribution in [-0.2, 0) is 36.7 Å². The zero-order valence-corrected chi connectivity index (χ0v) is 22.6. The molecule has 11 nitrogen and oxygen atoms in total. The molecule has 0 saturated carbocycles. The van der Waals surface area contributed by atoms with Gasteiger partial charge in [-0.3, -0.25) is 9.59 Å². The molecule has 2 rings (SSSR count). The van der Waals surface area contributed by atoms with Crippen molar-refractivity contribution in [3.8, 4) is 5.75 Å². The van der Waals surface area contributed by atoms with Gasteiger partial charge in [-0.1, -0.05) is 36.4 Å².